The van der Waals surface area contributed by atoms with E-state index in [9.17, 15) is 14.4 Å². The monoisotopic (exact) mass is 717 g/mol. The van der Waals surface area contributed by atoms with Gasteiger partial charge in [0.1, 0.15) is 17.2 Å². The number of imide groups is 1. The van der Waals surface area contributed by atoms with Crippen LogP contribution in [-0.4, -0.2) is 93.9 Å². The number of amides is 3. The Morgan fingerprint density at radius 2 is 1.66 bits per heavy atom. The van der Waals surface area contributed by atoms with Gasteiger partial charge in [-0.25, -0.2) is 9.97 Å². The van der Waals surface area contributed by atoms with E-state index in [2.05, 4.69) is 54.2 Å². The summed E-state index contributed by atoms with van der Waals surface area (Å²) in [7, 11) is 3.58. The van der Waals surface area contributed by atoms with Crippen LogP contribution < -0.4 is 15.5 Å². The van der Waals surface area contributed by atoms with E-state index in [1.807, 2.05) is 24.4 Å². The van der Waals surface area contributed by atoms with Gasteiger partial charge >= 0.3 is 0 Å². The lowest BCUT2D eigenvalue weighted by Crippen LogP contribution is -2.41. The standard InChI is InChI=1S/C41H51N9O3/c1-47(2)40(53)35-23-31-24-43-41(46-38(31)50(35)32-8-3-4-9-32)44-36-12-10-33(25-42-36)49-20-14-27(15-21-49)26-48-18-16-28(17-19-48)29-6-5-7-30(22-29)34-11-13-37(51)45-39(34)52/h5-7,10,12,22-25,27-28,32,34H,3-4,8-9,11,13-21,26H2,1-2H3,(H,45,51,52)(H,42,43,44,46). The summed E-state index contributed by atoms with van der Waals surface area (Å²) in [5.41, 5.74) is 4.96. The first-order chi connectivity index (χ1) is 25.8. The predicted octanol–water partition coefficient (Wildman–Crippen LogP) is 6.00. The molecule has 4 fully saturated rings. The second-order valence-corrected chi connectivity index (χ2v) is 15.7. The number of carbonyl (C=O) groups excluding carboxylic acids is 3. The lowest BCUT2D eigenvalue weighted by molar-refractivity contribution is -0.134. The highest BCUT2D eigenvalue weighted by Gasteiger charge is 2.30. The van der Waals surface area contributed by atoms with Crippen molar-refractivity contribution in [3.05, 3.63) is 71.7 Å². The van der Waals surface area contributed by atoms with E-state index in [0.717, 1.165) is 93.5 Å². The molecule has 278 valence electrons. The molecule has 1 saturated carbocycles. The van der Waals surface area contributed by atoms with Crippen LogP contribution in [-0.2, 0) is 9.59 Å². The molecular weight excluding hydrogens is 667 g/mol. The molecule has 4 aromatic rings. The molecule has 8 rings (SSSR count). The zero-order valence-corrected chi connectivity index (χ0v) is 31.0. The molecule has 1 unspecified atom stereocenters. The molecule has 12 heteroatoms. The smallest absolute Gasteiger partial charge is 0.270 e. The van der Waals surface area contributed by atoms with Gasteiger partial charge in [0.15, 0.2) is 0 Å². The highest BCUT2D eigenvalue weighted by atomic mass is 16.2. The Morgan fingerprint density at radius 3 is 2.38 bits per heavy atom. The van der Waals surface area contributed by atoms with Gasteiger partial charge in [-0.15, -0.1) is 0 Å². The number of carbonyl (C=O) groups is 3. The van der Waals surface area contributed by atoms with Crippen LogP contribution in [0.3, 0.4) is 0 Å². The Kier molecular flexibility index (Phi) is 10.1. The molecule has 1 atom stereocenters. The highest BCUT2D eigenvalue weighted by molar-refractivity contribution is 6.01. The molecule has 6 heterocycles. The summed E-state index contributed by atoms with van der Waals surface area (Å²) in [6.45, 7) is 5.40. The largest absolute Gasteiger partial charge is 0.370 e. The first-order valence-electron chi connectivity index (χ1n) is 19.5. The number of hydrogen-bond donors (Lipinski definition) is 2. The number of rotatable bonds is 9. The third-order valence-electron chi connectivity index (χ3n) is 12.0. The lowest BCUT2D eigenvalue weighted by Gasteiger charge is -2.38. The van der Waals surface area contributed by atoms with Crippen LogP contribution in [0.4, 0.5) is 17.5 Å². The van der Waals surface area contributed by atoms with E-state index in [1.54, 1.807) is 25.2 Å². The van der Waals surface area contributed by atoms with Gasteiger partial charge in [-0.1, -0.05) is 37.1 Å². The third kappa shape index (κ3) is 7.65. The van der Waals surface area contributed by atoms with Crippen molar-refractivity contribution in [2.24, 2.45) is 5.92 Å². The molecule has 3 saturated heterocycles. The zero-order valence-electron chi connectivity index (χ0n) is 31.0. The molecule has 53 heavy (non-hydrogen) atoms. The molecule has 0 spiro atoms. The molecule has 4 aliphatic rings. The maximum Gasteiger partial charge on any atom is 0.270 e. The Labute approximate surface area is 311 Å². The van der Waals surface area contributed by atoms with Gasteiger partial charge in [0.2, 0.25) is 17.8 Å². The molecule has 3 aromatic heterocycles. The maximum atomic E-state index is 13.1. The minimum atomic E-state index is -0.226. The third-order valence-corrected chi connectivity index (χ3v) is 12.0. The Balaban J connectivity index is 0.826. The van der Waals surface area contributed by atoms with Crippen molar-refractivity contribution in [3.8, 4) is 0 Å². The van der Waals surface area contributed by atoms with Crippen LogP contribution in [0.2, 0.25) is 0 Å². The van der Waals surface area contributed by atoms with E-state index in [0.29, 0.717) is 42.1 Å². The SMILES string of the molecule is CN(C)C(=O)c1cc2cnc(Nc3ccc(N4CCC(CN5CCC(c6cccc(C7CCC(=O)NC7=O)c6)CC5)CC4)cn3)nc2n1C1CCCC1. The van der Waals surface area contributed by atoms with E-state index in [-0.39, 0.29) is 29.7 Å². The minimum Gasteiger partial charge on any atom is -0.370 e. The molecule has 1 aromatic carbocycles. The van der Waals surface area contributed by atoms with Crippen molar-refractivity contribution in [1.29, 1.82) is 0 Å². The minimum absolute atomic E-state index is 0.0150. The molecular formula is C41H51N9O3. The molecule has 1 aliphatic carbocycles. The van der Waals surface area contributed by atoms with Gasteiger partial charge in [0, 0.05) is 57.8 Å². The van der Waals surface area contributed by atoms with Gasteiger partial charge in [-0.05, 0) is 99.2 Å². The number of likely N-dealkylation sites (tertiary alicyclic amines) is 1. The summed E-state index contributed by atoms with van der Waals surface area (Å²) in [4.78, 5) is 58.0. The Bertz CT molecular complexity index is 1950. The lowest BCUT2D eigenvalue weighted by atomic mass is 9.84. The second-order valence-electron chi connectivity index (χ2n) is 15.7. The van der Waals surface area contributed by atoms with Crippen molar-refractivity contribution in [2.75, 3.05) is 57.0 Å². The normalized spacial score (nSPS) is 20.9. The first-order valence-corrected chi connectivity index (χ1v) is 19.5. The number of fused-ring (bicyclic) bond motifs is 1. The van der Waals surface area contributed by atoms with Crippen molar-refractivity contribution < 1.29 is 14.4 Å². The van der Waals surface area contributed by atoms with Crippen molar-refractivity contribution in [1.82, 2.24) is 34.6 Å². The Morgan fingerprint density at radius 1 is 0.887 bits per heavy atom. The van der Waals surface area contributed by atoms with Crippen LogP contribution in [0.1, 0.15) is 104 Å². The average molecular weight is 718 g/mol. The predicted molar refractivity (Wildman–Crippen MR) is 205 cm³/mol. The van der Waals surface area contributed by atoms with Crippen LogP contribution in [0, 0.1) is 5.92 Å². The number of benzene rings is 1. The number of nitrogens with zero attached hydrogens (tertiary/aromatic N) is 7. The maximum absolute atomic E-state index is 13.1. The van der Waals surface area contributed by atoms with Gasteiger partial charge in [0.05, 0.1) is 17.8 Å². The van der Waals surface area contributed by atoms with Crippen molar-refractivity contribution in [3.63, 3.8) is 0 Å². The van der Waals surface area contributed by atoms with Crippen LogP contribution in [0.25, 0.3) is 11.0 Å². The number of hydrogen-bond acceptors (Lipinski definition) is 9. The molecule has 3 aliphatic heterocycles. The van der Waals surface area contributed by atoms with Crippen LogP contribution >= 0.6 is 0 Å². The van der Waals surface area contributed by atoms with E-state index in [1.165, 1.54) is 18.4 Å². The second kappa shape index (κ2) is 15.3. The van der Waals surface area contributed by atoms with Crippen LogP contribution in [0.5, 0.6) is 0 Å². The fraction of sp³-hybridized carbons (Fsp3) is 0.512. The van der Waals surface area contributed by atoms with Crippen molar-refractivity contribution in [2.45, 2.75) is 82.1 Å². The summed E-state index contributed by atoms with van der Waals surface area (Å²) >= 11 is 0. The number of pyridine rings is 1. The fourth-order valence-corrected chi connectivity index (χ4v) is 8.98. The van der Waals surface area contributed by atoms with Crippen molar-refractivity contribution >= 4 is 46.2 Å². The molecule has 0 radical (unpaired) electrons. The van der Waals surface area contributed by atoms with Crippen LogP contribution in [0.15, 0.2) is 54.9 Å². The number of piperidine rings is 3. The zero-order chi connectivity index (χ0) is 36.5. The molecule has 3 amide bonds. The molecule has 12 nitrogen and oxygen atoms in total. The van der Waals surface area contributed by atoms with Gasteiger partial charge < -0.3 is 24.6 Å². The summed E-state index contributed by atoms with van der Waals surface area (Å²) in [6, 6.07) is 14.8. The summed E-state index contributed by atoms with van der Waals surface area (Å²) < 4.78 is 2.13. The van der Waals surface area contributed by atoms with E-state index >= 15 is 0 Å². The average Bonchev–Trinajstić information content (AvgIpc) is 3.84. The summed E-state index contributed by atoms with van der Waals surface area (Å²) in [6.07, 6.45) is 13.8. The molecule has 0 bridgehead atoms. The number of aromatic nitrogens is 4. The van der Waals surface area contributed by atoms with Gasteiger partial charge in [-0.3, -0.25) is 19.7 Å². The highest BCUT2D eigenvalue weighted by Crippen LogP contribution is 2.36. The quantitative estimate of drug-likeness (QED) is 0.200. The van der Waals surface area contributed by atoms with Gasteiger partial charge in [0.25, 0.3) is 5.91 Å². The number of nitrogens with one attached hydrogen (secondary N) is 2. The topological polar surface area (TPSA) is 129 Å². The summed E-state index contributed by atoms with van der Waals surface area (Å²) in [5, 5.41) is 6.68. The fourth-order valence-electron chi connectivity index (χ4n) is 8.98. The van der Waals surface area contributed by atoms with Gasteiger partial charge in [-0.2, -0.15) is 4.98 Å². The van der Waals surface area contributed by atoms with E-state index in [4.69, 9.17) is 9.97 Å². The Hall–Kier alpha value is -4.84. The summed E-state index contributed by atoms with van der Waals surface area (Å²) in [5.74, 6) is 1.80. The number of anilines is 3. The molecule has 2 N–H and O–H groups in total. The first kappa shape index (κ1) is 35.2. The van der Waals surface area contributed by atoms with E-state index < -0.39 is 0 Å².